The highest BCUT2D eigenvalue weighted by molar-refractivity contribution is 5.95. The SMILES string of the molecule is CC[C@H](Oc1cccc(C(C)=O)c1)C(=O)Nc1cc(C)on1. The summed E-state index contributed by atoms with van der Waals surface area (Å²) in [6, 6.07) is 8.38. The Bertz CT molecular complexity index is 678. The van der Waals surface area contributed by atoms with E-state index in [2.05, 4.69) is 10.5 Å². The molecule has 0 bridgehead atoms. The molecule has 0 unspecified atom stereocenters. The van der Waals surface area contributed by atoms with Crippen molar-refractivity contribution in [3.63, 3.8) is 0 Å². The fourth-order valence-corrected chi connectivity index (χ4v) is 1.91. The Hall–Kier alpha value is -2.63. The van der Waals surface area contributed by atoms with Crippen LogP contribution in [0.3, 0.4) is 0 Å². The number of aryl methyl sites for hydroxylation is 1. The number of hydrogen-bond donors (Lipinski definition) is 1. The zero-order valence-electron chi connectivity index (χ0n) is 12.8. The molecule has 0 radical (unpaired) electrons. The molecule has 1 atom stereocenters. The van der Waals surface area contributed by atoms with Gasteiger partial charge in [-0.2, -0.15) is 0 Å². The summed E-state index contributed by atoms with van der Waals surface area (Å²) in [4.78, 5) is 23.6. The number of hydrogen-bond acceptors (Lipinski definition) is 5. The minimum absolute atomic E-state index is 0.0546. The molecule has 1 amide bonds. The number of carbonyl (C=O) groups excluding carboxylic acids is 2. The Morgan fingerprint density at radius 1 is 1.36 bits per heavy atom. The molecule has 6 heteroatoms. The van der Waals surface area contributed by atoms with Crippen molar-refractivity contribution in [2.45, 2.75) is 33.3 Å². The summed E-state index contributed by atoms with van der Waals surface area (Å²) in [7, 11) is 0. The van der Waals surface area contributed by atoms with Crippen LogP contribution in [0.4, 0.5) is 5.82 Å². The molecule has 0 aliphatic carbocycles. The van der Waals surface area contributed by atoms with E-state index in [-0.39, 0.29) is 11.7 Å². The highest BCUT2D eigenvalue weighted by Gasteiger charge is 2.20. The number of amides is 1. The zero-order chi connectivity index (χ0) is 16.1. The maximum atomic E-state index is 12.2. The lowest BCUT2D eigenvalue weighted by Gasteiger charge is -2.16. The van der Waals surface area contributed by atoms with Crippen molar-refractivity contribution in [3.05, 3.63) is 41.7 Å². The van der Waals surface area contributed by atoms with Crippen LogP contribution < -0.4 is 10.1 Å². The lowest BCUT2D eigenvalue weighted by Crippen LogP contribution is -2.32. The van der Waals surface area contributed by atoms with Gasteiger partial charge in [-0.1, -0.05) is 24.2 Å². The summed E-state index contributed by atoms with van der Waals surface area (Å²) in [5, 5.41) is 6.35. The molecule has 2 aromatic rings. The largest absolute Gasteiger partial charge is 0.481 e. The van der Waals surface area contributed by atoms with E-state index >= 15 is 0 Å². The van der Waals surface area contributed by atoms with Gasteiger partial charge in [0.1, 0.15) is 11.5 Å². The van der Waals surface area contributed by atoms with Crippen LogP contribution >= 0.6 is 0 Å². The minimum Gasteiger partial charge on any atom is -0.481 e. The molecule has 116 valence electrons. The molecule has 1 N–H and O–H groups in total. The smallest absolute Gasteiger partial charge is 0.266 e. The van der Waals surface area contributed by atoms with Crippen molar-refractivity contribution in [1.29, 1.82) is 0 Å². The molecule has 2 rings (SSSR count). The first-order valence-electron chi connectivity index (χ1n) is 7.01. The fraction of sp³-hybridized carbons (Fsp3) is 0.312. The average molecular weight is 302 g/mol. The van der Waals surface area contributed by atoms with Crippen LogP contribution in [-0.4, -0.2) is 23.0 Å². The molecule has 0 saturated carbocycles. The molecule has 0 aliphatic rings. The highest BCUT2D eigenvalue weighted by atomic mass is 16.5. The average Bonchev–Trinajstić information content (AvgIpc) is 2.90. The molecule has 22 heavy (non-hydrogen) atoms. The van der Waals surface area contributed by atoms with Crippen LogP contribution in [-0.2, 0) is 4.79 Å². The predicted molar refractivity (Wildman–Crippen MR) is 81.0 cm³/mol. The molecular formula is C16H18N2O4. The van der Waals surface area contributed by atoms with E-state index in [1.165, 1.54) is 6.92 Å². The Kier molecular flexibility index (Phi) is 4.93. The predicted octanol–water partition coefficient (Wildman–Crippen LogP) is 2.98. The maximum absolute atomic E-state index is 12.2. The van der Waals surface area contributed by atoms with Crippen molar-refractivity contribution in [1.82, 2.24) is 5.16 Å². The summed E-state index contributed by atoms with van der Waals surface area (Å²) in [6.07, 6.45) is -0.202. The number of anilines is 1. The normalized spacial score (nSPS) is 11.8. The number of ether oxygens (including phenoxy) is 1. The quantitative estimate of drug-likeness (QED) is 0.830. The molecule has 0 spiro atoms. The van der Waals surface area contributed by atoms with Gasteiger partial charge in [0, 0.05) is 11.6 Å². The summed E-state index contributed by atoms with van der Waals surface area (Å²) >= 11 is 0. The van der Waals surface area contributed by atoms with Crippen LogP contribution in [0.5, 0.6) is 5.75 Å². The van der Waals surface area contributed by atoms with Gasteiger partial charge in [0.05, 0.1) is 0 Å². The highest BCUT2D eigenvalue weighted by Crippen LogP contribution is 2.17. The second kappa shape index (κ2) is 6.89. The van der Waals surface area contributed by atoms with Gasteiger partial charge in [-0.3, -0.25) is 9.59 Å². The molecule has 6 nitrogen and oxygen atoms in total. The fourth-order valence-electron chi connectivity index (χ4n) is 1.91. The molecule has 1 aromatic carbocycles. The van der Waals surface area contributed by atoms with E-state index < -0.39 is 6.10 Å². The maximum Gasteiger partial charge on any atom is 0.266 e. The van der Waals surface area contributed by atoms with E-state index in [9.17, 15) is 9.59 Å². The number of benzene rings is 1. The lowest BCUT2D eigenvalue weighted by atomic mass is 10.1. The summed E-state index contributed by atoms with van der Waals surface area (Å²) < 4.78 is 10.6. The Balaban J connectivity index is 2.06. The van der Waals surface area contributed by atoms with Gasteiger partial charge in [-0.25, -0.2) is 0 Å². The van der Waals surface area contributed by atoms with Crippen molar-refractivity contribution in [2.24, 2.45) is 0 Å². The van der Waals surface area contributed by atoms with Gasteiger partial charge in [0.15, 0.2) is 17.7 Å². The third-order valence-electron chi connectivity index (χ3n) is 3.06. The van der Waals surface area contributed by atoms with E-state index in [4.69, 9.17) is 9.26 Å². The number of rotatable bonds is 6. The number of carbonyl (C=O) groups is 2. The molecular weight excluding hydrogens is 284 g/mol. The Labute approximate surface area is 128 Å². The van der Waals surface area contributed by atoms with Crippen LogP contribution in [0.25, 0.3) is 0 Å². The van der Waals surface area contributed by atoms with Gasteiger partial charge in [0.25, 0.3) is 5.91 Å². The summed E-state index contributed by atoms with van der Waals surface area (Å²) in [5.41, 5.74) is 0.542. The molecule has 1 aromatic heterocycles. The van der Waals surface area contributed by atoms with Crippen molar-refractivity contribution < 1.29 is 18.8 Å². The van der Waals surface area contributed by atoms with Gasteiger partial charge < -0.3 is 14.6 Å². The number of aromatic nitrogens is 1. The third kappa shape index (κ3) is 3.94. The first-order chi connectivity index (χ1) is 10.5. The van der Waals surface area contributed by atoms with Crippen LogP contribution in [0.2, 0.25) is 0 Å². The molecule has 0 fully saturated rings. The first-order valence-corrected chi connectivity index (χ1v) is 7.01. The van der Waals surface area contributed by atoms with E-state index in [1.54, 1.807) is 37.3 Å². The van der Waals surface area contributed by atoms with Gasteiger partial charge >= 0.3 is 0 Å². The number of Topliss-reactive ketones (excluding diaryl/α,β-unsaturated/α-hetero) is 1. The Morgan fingerprint density at radius 3 is 2.73 bits per heavy atom. The van der Waals surface area contributed by atoms with Crippen LogP contribution in [0.15, 0.2) is 34.9 Å². The second-order valence-corrected chi connectivity index (χ2v) is 4.91. The first kappa shape index (κ1) is 15.8. The van der Waals surface area contributed by atoms with E-state index in [0.717, 1.165) is 0 Å². The minimum atomic E-state index is -0.681. The van der Waals surface area contributed by atoms with Gasteiger partial charge in [-0.05, 0) is 32.4 Å². The second-order valence-electron chi connectivity index (χ2n) is 4.91. The van der Waals surface area contributed by atoms with Crippen molar-refractivity contribution >= 4 is 17.5 Å². The van der Waals surface area contributed by atoms with Gasteiger partial charge in [0.2, 0.25) is 0 Å². The Morgan fingerprint density at radius 2 is 2.14 bits per heavy atom. The monoisotopic (exact) mass is 302 g/mol. The van der Waals surface area contributed by atoms with Crippen molar-refractivity contribution in [2.75, 3.05) is 5.32 Å². The number of nitrogens with one attached hydrogen (secondary N) is 1. The third-order valence-corrected chi connectivity index (χ3v) is 3.06. The van der Waals surface area contributed by atoms with E-state index in [0.29, 0.717) is 29.3 Å². The van der Waals surface area contributed by atoms with Crippen LogP contribution in [0.1, 0.15) is 36.4 Å². The molecule has 1 heterocycles. The standard InChI is InChI=1S/C16H18N2O4/c1-4-14(16(20)17-15-8-10(2)22-18-15)21-13-7-5-6-12(9-13)11(3)19/h5-9,14H,4H2,1-3H3,(H,17,18,20)/t14-/m0/s1. The number of nitrogens with zero attached hydrogens (tertiary/aromatic N) is 1. The zero-order valence-corrected chi connectivity index (χ0v) is 12.8. The lowest BCUT2D eigenvalue weighted by molar-refractivity contribution is -0.122. The van der Waals surface area contributed by atoms with E-state index in [1.807, 2.05) is 6.92 Å². The summed E-state index contributed by atoms with van der Waals surface area (Å²) in [6.45, 7) is 5.06. The van der Waals surface area contributed by atoms with Crippen molar-refractivity contribution in [3.8, 4) is 5.75 Å². The van der Waals surface area contributed by atoms with Crippen LogP contribution in [0, 0.1) is 6.92 Å². The topological polar surface area (TPSA) is 81.4 Å². The van der Waals surface area contributed by atoms with Gasteiger partial charge in [-0.15, -0.1) is 0 Å². The molecule has 0 saturated heterocycles. The molecule has 0 aliphatic heterocycles. The number of ketones is 1. The summed E-state index contributed by atoms with van der Waals surface area (Å²) in [5.74, 6) is 1.07.